The topological polar surface area (TPSA) is 60.7 Å². The SMILES string of the molecule is C[C@]12CC[C@H]3c4cc(O)c(O)cc4CC[C@H]3[C@H]1CC[C@@H]2O. The molecule has 3 nitrogen and oxygen atoms in total. The maximum Gasteiger partial charge on any atom is 0.157 e. The van der Waals surface area contributed by atoms with Gasteiger partial charge in [-0.05, 0) is 85.0 Å². The molecular formula is C18H24O3. The molecule has 3 N–H and O–H groups in total. The highest BCUT2D eigenvalue weighted by molar-refractivity contribution is 5.48. The van der Waals surface area contributed by atoms with Crippen LogP contribution in [-0.4, -0.2) is 21.4 Å². The van der Waals surface area contributed by atoms with Crippen LogP contribution >= 0.6 is 0 Å². The Balaban J connectivity index is 1.73. The van der Waals surface area contributed by atoms with E-state index in [-0.39, 0.29) is 23.0 Å². The second kappa shape index (κ2) is 4.39. The van der Waals surface area contributed by atoms with Gasteiger partial charge in [0.1, 0.15) is 0 Å². The zero-order valence-electron chi connectivity index (χ0n) is 12.5. The molecule has 0 radical (unpaired) electrons. The summed E-state index contributed by atoms with van der Waals surface area (Å²) in [6.45, 7) is 2.27. The van der Waals surface area contributed by atoms with Crippen LogP contribution in [0.25, 0.3) is 0 Å². The highest BCUT2D eigenvalue weighted by Gasteiger charge is 2.54. The third kappa shape index (κ3) is 1.76. The predicted octanol–water partition coefficient (Wildman–Crippen LogP) is 3.31. The van der Waals surface area contributed by atoms with E-state index in [1.165, 1.54) is 11.1 Å². The Morgan fingerprint density at radius 1 is 1.05 bits per heavy atom. The van der Waals surface area contributed by atoms with E-state index in [4.69, 9.17) is 0 Å². The Morgan fingerprint density at radius 2 is 1.81 bits per heavy atom. The van der Waals surface area contributed by atoms with E-state index in [1.807, 2.05) is 0 Å². The maximum atomic E-state index is 10.4. The molecule has 5 atom stereocenters. The van der Waals surface area contributed by atoms with Gasteiger partial charge in [0.05, 0.1) is 6.10 Å². The summed E-state index contributed by atoms with van der Waals surface area (Å²) in [6, 6.07) is 3.54. The van der Waals surface area contributed by atoms with Crippen LogP contribution in [-0.2, 0) is 6.42 Å². The molecule has 0 amide bonds. The van der Waals surface area contributed by atoms with E-state index in [0.717, 1.165) is 38.5 Å². The van der Waals surface area contributed by atoms with Gasteiger partial charge in [-0.3, -0.25) is 0 Å². The summed E-state index contributed by atoms with van der Waals surface area (Å²) in [6.07, 6.45) is 6.23. The van der Waals surface area contributed by atoms with Gasteiger partial charge in [0.15, 0.2) is 11.5 Å². The smallest absolute Gasteiger partial charge is 0.157 e. The lowest BCUT2D eigenvalue weighted by Crippen LogP contribution is -2.43. The van der Waals surface area contributed by atoms with Crippen LogP contribution in [0.4, 0.5) is 0 Å². The van der Waals surface area contributed by atoms with Crippen LogP contribution in [0.15, 0.2) is 12.1 Å². The van der Waals surface area contributed by atoms with Crippen LogP contribution in [0.1, 0.15) is 56.1 Å². The second-order valence-corrected chi connectivity index (χ2v) is 7.59. The highest BCUT2D eigenvalue weighted by atomic mass is 16.3. The van der Waals surface area contributed by atoms with E-state index in [1.54, 1.807) is 12.1 Å². The molecule has 0 aromatic heterocycles. The number of aliphatic hydroxyl groups is 1. The lowest BCUT2D eigenvalue weighted by Gasteiger charge is -2.50. The number of benzene rings is 1. The van der Waals surface area contributed by atoms with Gasteiger partial charge >= 0.3 is 0 Å². The molecule has 2 fully saturated rings. The number of aryl methyl sites for hydroxylation is 1. The van der Waals surface area contributed by atoms with Gasteiger partial charge in [-0.15, -0.1) is 0 Å². The summed E-state index contributed by atoms with van der Waals surface area (Å²) in [5.41, 5.74) is 2.54. The molecular weight excluding hydrogens is 264 g/mol. The Kier molecular flexibility index (Phi) is 2.81. The second-order valence-electron chi connectivity index (χ2n) is 7.59. The van der Waals surface area contributed by atoms with Crippen LogP contribution < -0.4 is 0 Å². The van der Waals surface area contributed by atoms with Crippen LogP contribution in [0.3, 0.4) is 0 Å². The van der Waals surface area contributed by atoms with E-state index in [9.17, 15) is 15.3 Å². The summed E-state index contributed by atoms with van der Waals surface area (Å²) >= 11 is 0. The third-order valence-corrected chi connectivity index (χ3v) is 6.77. The monoisotopic (exact) mass is 288 g/mol. The van der Waals surface area contributed by atoms with Crippen molar-refractivity contribution >= 4 is 0 Å². The zero-order valence-corrected chi connectivity index (χ0v) is 12.5. The quantitative estimate of drug-likeness (QED) is 0.642. The van der Waals surface area contributed by atoms with Gasteiger partial charge in [0, 0.05) is 0 Å². The Bertz CT molecular complexity index is 582. The van der Waals surface area contributed by atoms with E-state index in [2.05, 4.69) is 6.92 Å². The lowest BCUT2D eigenvalue weighted by atomic mass is 9.55. The van der Waals surface area contributed by atoms with Gasteiger partial charge in [-0.25, -0.2) is 0 Å². The van der Waals surface area contributed by atoms with Crippen LogP contribution in [0.5, 0.6) is 11.5 Å². The fourth-order valence-electron chi connectivity index (χ4n) is 5.57. The van der Waals surface area contributed by atoms with Crippen molar-refractivity contribution in [1.29, 1.82) is 0 Å². The summed E-state index contributed by atoms with van der Waals surface area (Å²) in [5, 5.41) is 29.9. The summed E-state index contributed by atoms with van der Waals surface area (Å²) in [7, 11) is 0. The van der Waals surface area contributed by atoms with Crippen LogP contribution in [0.2, 0.25) is 0 Å². The Morgan fingerprint density at radius 3 is 2.62 bits per heavy atom. The van der Waals surface area contributed by atoms with Gasteiger partial charge in [0.2, 0.25) is 0 Å². The van der Waals surface area contributed by atoms with Gasteiger partial charge in [0.25, 0.3) is 0 Å². The Labute approximate surface area is 125 Å². The molecule has 21 heavy (non-hydrogen) atoms. The average molecular weight is 288 g/mol. The number of aromatic hydroxyl groups is 2. The zero-order chi connectivity index (χ0) is 14.8. The highest BCUT2D eigenvalue weighted by Crippen LogP contribution is 2.61. The number of fused-ring (bicyclic) bond motifs is 5. The number of phenols is 2. The van der Waals surface area contributed by atoms with Crippen molar-refractivity contribution in [2.75, 3.05) is 0 Å². The summed E-state index contributed by atoms with van der Waals surface area (Å²) in [4.78, 5) is 0. The number of rotatable bonds is 0. The van der Waals surface area contributed by atoms with Crippen molar-refractivity contribution in [3.8, 4) is 11.5 Å². The number of hydrogen-bond donors (Lipinski definition) is 3. The molecule has 0 aliphatic heterocycles. The molecule has 1 aromatic rings. The van der Waals surface area contributed by atoms with Gasteiger partial charge in [-0.1, -0.05) is 6.92 Å². The number of aliphatic hydroxyl groups excluding tert-OH is 1. The minimum atomic E-state index is -0.141. The molecule has 1 aromatic carbocycles. The molecule has 3 aliphatic rings. The van der Waals surface area contributed by atoms with Crippen molar-refractivity contribution in [3.05, 3.63) is 23.3 Å². The number of hydrogen-bond acceptors (Lipinski definition) is 3. The first kappa shape index (κ1) is 13.4. The summed E-state index contributed by atoms with van der Waals surface area (Å²) < 4.78 is 0. The van der Waals surface area contributed by atoms with Gasteiger partial charge in [-0.2, -0.15) is 0 Å². The fraction of sp³-hybridized carbons (Fsp3) is 0.667. The normalized spacial score (nSPS) is 41.2. The first-order valence-electron chi connectivity index (χ1n) is 8.23. The number of phenolic OH excluding ortho intramolecular Hbond substituents is 2. The molecule has 0 unspecified atom stereocenters. The van der Waals surface area contributed by atoms with Crippen molar-refractivity contribution < 1.29 is 15.3 Å². The molecule has 0 spiro atoms. The first-order chi connectivity index (χ1) is 10.0. The van der Waals surface area contributed by atoms with E-state index >= 15 is 0 Å². The molecule has 3 aliphatic carbocycles. The molecule has 114 valence electrons. The first-order valence-corrected chi connectivity index (χ1v) is 8.23. The largest absolute Gasteiger partial charge is 0.504 e. The van der Waals surface area contributed by atoms with Crippen molar-refractivity contribution in [3.63, 3.8) is 0 Å². The van der Waals surface area contributed by atoms with Gasteiger partial charge < -0.3 is 15.3 Å². The van der Waals surface area contributed by atoms with Crippen molar-refractivity contribution in [2.24, 2.45) is 17.3 Å². The lowest BCUT2D eigenvalue weighted by molar-refractivity contribution is -0.0226. The van der Waals surface area contributed by atoms with Crippen LogP contribution in [0, 0.1) is 17.3 Å². The van der Waals surface area contributed by atoms with E-state index < -0.39 is 0 Å². The minimum Gasteiger partial charge on any atom is -0.504 e. The molecule has 2 saturated carbocycles. The fourth-order valence-corrected chi connectivity index (χ4v) is 5.57. The average Bonchev–Trinajstić information content (AvgIpc) is 2.76. The molecule has 0 saturated heterocycles. The predicted molar refractivity (Wildman–Crippen MR) is 80.4 cm³/mol. The third-order valence-electron chi connectivity index (χ3n) is 6.77. The molecule has 3 heteroatoms. The molecule has 0 heterocycles. The molecule has 0 bridgehead atoms. The molecule has 4 rings (SSSR count). The van der Waals surface area contributed by atoms with Crippen molar-refractivity contribution in [2.45, 2.75) is 57.5 Å². The standard InChI is InChI=1S/C18H24O3/c1-18-7-6-11-12(14(18)4-5-17(18)21)3-2-10-8-15(19)16(20)9-13(10)11/h8-9,11-12,14,17,19-21H,2-7H2,1H3/t11-,12-,14-,17+,18+/m1/s1. The van der Waals surface area contributed by atoms with E-state index in [0.29, 0.717) is 17.8 Å². The maximum absolute atomic E-state index is 10.4. The minimum absolute atomic E-state index is 0.00383. The van der Waals surface area contributed by atoms with Crippen molar-refractivity contribution in [1.82, 2.24) is 0 Å². The Hall–Kier alpha value is -1.22. The summed E-state index contributed by atoms with van der Waals surface area (Å²) in [5.74, 6) is 1.73.